The van der Waals surface area contributed by atoms with Crippen LogP contribution in [-0.2, 0) is 6.54 Å². The molecule has 0 saturated carbocycles. The van der Waals surface area contributed by atoms with Crippen LogP contribution in [0.25, 0.3) is 0 Å². The zero-order valence-corrected chi connectivity index (χ0v) is 10.5. The number of nitrogens with one attached hydrogen (secondary N) is 1. The van der Waals surface area contributed by atoms with Gasteiger partial charge in [-0.1, -0.05) is 17.7 Å². The highest BCUT2D eigenvalue weighted by molar-refractivity contribution is 6.30. The molecular weight excluding hydrogens is 271 g/mol. The van der Waals surface area contributed by atoms with Crippen molar-refractivity contribution < 1.29 is 14.3 Å². The second-order valence-corrected chi connectivity index (χ2v) is 4.21. The maximum absolute atomic E-state index is 13.0. The van der Waals surface area contributed by atoms with Crippen molar-refractivity contribution in [2.45, 2.75) is 6.54 Å². The highest BCUT2D eigenvalue weighted by Crippen LogP contribution is 2.16. The molecule has 0 aliphatic rings. The van der Waals surface area contributed by atoms with Gasteiger partial charge in [0.1, 0.15) is 11.6 Å². The molecule has 0 unspecified atom stereocenters. The van der Waals surface area contributed by atoms with Crippen molar-refractivity contribution >= 4 is 17.5 Å². The molecular formula is C13H10ClFN2O2. The Labute approximate surface area is 113 Å². The summed E-state index contributed by atoms with van der Waals surface area (Å²) in [5.41, 5.74) is 0.589. The minimum Gasteiger partial charge on any atom is -0.505 e. The van der Waals surface area contributed by atoms with E-state index in [9.17, 15) is 14.3 Å². The molecule has 2 aromatic rings. The summed E-state index contributed by atoms with van der Waals surface area (Å²) in [6.45, 7) is 0.162. The van der Waals surface area contributed by atoms with E-state index in [0.29, 0.717) is 5.56 Å². The van der Waals surface area contributed by atoms with Crippen molar-refractivity contribution in [1.82, 2.24) is 10.3 Å². The molecule has 0 bridgehead atoms. The minimum atomic E-state index is -0.515. The van der Waals surface area contributed by atoms with Crippen molar-refractivity contribution in [3.8, 4) is 5.75 Å². The lowest BCUT2D eigenvalue weighted by molar-refractivity contribution is 0.0943. The summed E-state index contributed by atoms with van der Waals surface area (Å²) < 4.78 is 13.0. The van der Waals surface area contributed by atoms with Crippen LogP contribution in [0.5, 0.6) is 5.75 Å². The molecule has 2 N–H and O–H groups in total. The third kappa shape index (κ3) is 3.20. The summed E-state index contributed by atoms with van der Waals surface area (Å²) in [5.74, 6) is -1.23. The van der Waals surface area contributed by atoms with Crippen molar-refractivity contribution in [2.75, 3.05) is 0 Å². The summed E-state index contributed by atoms with van der Waals surface area (Å²) >= 11 is 5.63. The number of benzene rings is 1. The number of halogens is 2. The molecule has 0 aliphatic heterocycles. The Balaban J connectivity index is 2.04. The number of pyridine rings is 1. The predicted molar refractivity (Wildman–Crippen MR) is 68.5 cm³/mol. The molecule has 0 spiro atoms. The normalized spacial score (nSPS) is 10.2. The Morgan fingerprint density at radius 1 is 1.42 bits per heavy atom. The molecule has 0 atom stereocenters. The maximum atomic E-state index is 13.0. The van der Waals surface area contributed by atoms with Gasteiger partial charge in [0.15, 0.2) is 5.69 Å². The standard InChI is InChI=1S/C13H10ClFN2O2/c14-9-6-8(3-4-10(9)15)7-17-13(19)12-11(18)2-1-5-16-12/h1-6,18H,7H2,(H,17,19). The van der Waals surface area contributed by atoms with Gasteiger partial charge in [-0.3, -0.25) is 4.79 Å². The Hall–Kier alpha value is -2.14. The number of nitrogens with zero attached hydrogens (tertiary/aromatic N) is 1. The van der Waals surface area contributed by atoms with Crippen LogP contribution < -0.4 is 5.32 Å². The van der Waals surface area contributed by atoms with E-state index in [1.165, 1.54) is 36.5 Å². The zero-order chi connectivity index (χ0) is 13.8. The largest absolute Gasteiger partial charge is 0.505 e. The molecule has 2 rings (SSSR count). The predicted octanol–water partition coefficient (Wildman–Crippen LogP) is 2.51. The summed E-state index contributed by atoms with van der Waals surface area (Å²) in [7, 11) is 0. The number of carbonyl (C=O) groups is 1. The van der Waals surface area contributed by atoms with Gasteiger partial charge in [-0.15, -0.1) is 0 Å². The van der Waals surface area contributed by atoms with Crippen LogP contribution in [-0.4, -0.2) is 16.0 Å². The van der Waals surface area contributed by atoms with Crippen LogP contribution in [0.2, 0.25) is 5.02 Å². The van der Waals surface area contributed by atoms with Gasteiger partial charge in [0.2, 0.25) is 0 Å². The Bertz CT molecular complexity index is 619. The molecule has 1 aromatic carbocycles. The molecule has 19 heavy (non-hydrogen) atoms. The quantitative estimate of drug-likeness (QED) is 0.908. The van der Waals surface area contributed by atoms with Gasteiger partial charge in [0.05, 0.1) is 5.02 Å². The third-order valence-corrected chi connectivity index (χ3v) is 2.73. The van der Waals surface area contributed by atoms with Gasteiger partial charge >= 0.3 is 0 Å². The fraction of sp³-hybridized carbons (Fsp3) is 0.0769. The van der Waals surface area contributed by atoms with Crippen molar-refractivity contribution in [1.29, 1.82) is 0 Å². The van der Waals surface area contributed by atoms with E-state index in [0.717, 1.165) is 0 Å². The van der Waals surface area contributed by atoms with E-state index < -0.39 is 11.7 Å². The van der Waals surface area contributed by atoms with Crippen LogP contribution in [0, 0.1) is 5.82 Å². The summed E-state index contributed by atoms with van der Waals surface area (Å²) in [6, 6.07) is 7.06. The van der Waals surface area contributed by atoms with Gasteiger partial charge in [-0.25, -0.2) is 9.37 Å². The number of carbonyl (C=O) groups excluding carboxylic acids is 1. The van der Waals surface area contributed by atoms with Crippen LogP contribution in [0.4, 0.5) is 4.39 Å². The Kier molecular flexibility index (Phi) is 3.97. The number of amides is 1. The highest BCUT2D eigenvalue weighted by Gasteiger charge is 2.11. The van der Waals surface area contributed by atoms with Gasteiger partial charge in [-0.05, 0) is 29.8 Å². The first-order chi connectivity index (χ1) is 9.08. The molecule has 4 nitrogen and oxygen atoms in total. The van der Waals surface area contributed by atoms with Crippen molar-refractivity contribution in [2.24, 2.45) is 0 Å². The first kappa shape index (κ1) is 13.3. The second-order valence-electron chi connectivity index (χ2n) is 3.80. The SMILES string of the molecule is O=C(NCc1ccc(F)c(Cl)c1)c1ncccc1O. The molecule has 0 radical (unpaired) electrons. The van der Waals surface area contributed by atoms with Crippen LogP contribution >= 0.6 is 11.6 Å². The first-order valence-electron chi connectivity index (χ1n) is 5.44. The molecule has 1 heterocycles. The number of hydrogen-bond acceptors (Lipinski definition) is 3. The molecule has 0 saturated heterocycles. The van der Waals surface area contributed by atoms with Gasteiger partial charge in [-0.2, -0.15) is 0 Å². The smallest absolute Gasteiger partial charge is 0.273 e. The number of aromatic nitrogens is 1. The van der Waals surface area contributed by atoms with Gasteiger partial charge in [0.25, 0.3) is 5.91 Å². The van der Waals surface area contributed by atoms with Crippen molar-refractivity contribution in [3.63, 3.8) is 0 Å². The first-order valence-corrected chi connectivity index (χ1v) is 5.82. The van der Waals surface area contributed by atoms with E-state index in [1.807, 2.05) is 0 Å². The van der Waals surface area contributed by atoms with E-state index >= 15 is 0 Å². The molecule has 0 aliphatic carbocycles. The zero-order valence-electron chi connectivity index (χ0n) is 9.73. The van der Waals surface area contributed by atoms with E-state index in [4.69, 9.17) is 11.6 Å². The van der Waals surface area contributed by atoms with Gasteiger partial charge < -0.3 is 10.4 Å². The van der Waals surface area contributed by atoms with Crippen LogP contribution in [0.15, 0.2) is 36.5 Å². The summed E-state index contributed by atoms with van der Waals surface area (Å²) in [6.07, 6.45) is 1.41. The van der Waals surface area contributed by atoms with Crippen LogP contribution in [0.1, 0.15) is 16.1 Å². The molecule has 0 fully saturated rings. The van der Waals surface area contributed by atoms with E-state index in [2.05, 4.69) is 10.3 Å². The Morgan fingerprint density at radius 2 is 2.21 bits per heavy atom. The molecule has 98 valence electrons. The second kappa shape index (κ2) is 5.67. The lowest BCUT2D eigenvalue weighted by atomic mass is 10.2. The fourth-order valence-electron chi connectivity index (χ4n) is 1.49. The topological polar surface area (TPSA) is 62.2 Å². The summed E-state index contributed by atoms with van der Waals surface area (Å²) in [5, 5.41) is 12.0. The molecule has 1 aromatic heterocycles. The highest BCUT2D eigenvalue weighted by atomic mass is 35.5. The number of aromatic hydroxyl groups is 1. The number of hydrogen-bond donors (Lipinski definition) is 2. The maximum Gasteiger partial charge on any atom is 0.273 e. The molecule has 6 heteroatoms. The van der Waals surface area contributed by atoms with E-state index in [1.54, 1.807) is 0 Å². The lowest BCUT2D eigenvalue weighted by Crippen LogP contribution is -2.23. The van der Waals surface area contributed by atoms with Crippen LogP contribution in [0.3, 0.4) is 0 Å². The average molecular weight is 281 g/mol. The fourth-order valence-corrected chi connectivity index (χ4v) is 1.69. The van der Waals surface area contributed by atoms with Crippen molar-refractivity contribution in [3.05, 3.63) is 58.6 Å². The average Bonchev–Trinajstić information content (AvgIpc) is 2.40. The summed E-state index contributed by atoms with van der Waals surface area (Å²) in [4.78, 5) is 15.5. The molecule has 1 amide bonds. The monoisotopic (exact) mass is 280 g/mol. The lowest BCUT2D eigenvalue weighted by Gasteiger charge is -2.06. The number of rotatable bonds is 3. The minimum absolute atomic E-state index is 0.00701. The van der Waals surface area contributed by atoms with Gasteiger partial charge in [0, 0.05) is 12.7 Å². The third-order valence-electron chi connectivity index (χ3n) is 2.44. The van der Waals surface area contributed by atoms with E-state index in [-0.39, 0.29) is 23.0 Å². The Morgan fingerprint density at radius 3 is 2.89 bits per heavy atom.